The molecule has 0 fully saturated rings. The van der Waals surface area contributed by atoms with E-state index in [0.717, 1.165) is 70.6 Å². The number of hydrogen-bond acceptors (Lipinski definition) is 4. The highest BCUT2D eigenvalue weighted by atomic mass is 16.6. The number of cyclic esters (lactones) is 1. The minimum absolute atomic E-state index is 0.146. The monoisotopic (exact) mass is 743 g/mol. The van der Waals surface area contributed by atoms with Gasteiger partial charge in [-0.1, -0.05) is 123 Å². The Labute approximate surface area is 332 Å². The van der Waals surface area contributed by atoms with Crippen LogP contribution in [0.25, 0.3) is 10.9 Å². The van der Waals surface area contributed by atoms with Crippen LogP contribution in [0.5, 0.6) is 5.75 Å². The molecular weight excluding hydrogens is 677 g/mol. The van der Waals surface area contributed by atoms with Gasteiger partial charge in [-0.05, 0) is 92.2 Å². The number of aromatic nitrogens is 1. The van der Waals surface area contributed by atoms with Gasteiger partial charge in [-0.15, -0.1) is 0 Å². The van der Waals surface area contributed by atoms with E-state index in [9.17, 15) is 4.79 Å². The molecule has 2 atom stereocenters. The molecule has 294 valence electrons. The zero-order valence-electron chi connectivity index (χ0n) is 36.0. The summed E-state index contributed by atoms with van der Waals surface area (Å²) >= 11 is 0. The van der Waals surface area contributed by atoms with Crippen LogP contribution >= 0.6 is 0 Å². The number of carbonyl (C=O) groups excluding carboxylic acids is 1. The third kappa shape index (κ3) is 7.82. The lowest BCUT2D eigenvalue weighted by atomic mass is 9.63. The van der Waals surface area contributed by atoms with Crippen molar-refractivity contribution in [2.45, 2.75) is 121 Å². The van der Waals surface area contributed by atoms with Crippen LogP contribution in [0.4, 0.5) is 5.69 Å². The summed E-state index contributed by atoms with van der Waals surface area (Å²) in [4.78, 5) is 16.2. The van der Waals surface area contributed by atoms with Crippen LogP contribution in [0.2, 0.25) is 0 Å². The van der Waals surface area contributed by atoms with Crippen molar-refractivity contribution >= 4 is 22.6 Å². The predicted molar refractivity (Wildman–Crippen MR) is 232 cm³/mol. The Morgan fingerprint density at radius 2 is 1.45 bits per heavy atom. The van der Waals surface area contributed by atoms with Crippen molar-refractivity contribution in [1.29, 1.82) is 0 Å². The number of rotatable bonds is 13. The molecule has 0 saturated carbocycles. The van der Waals surface area contributed by atoms with E-state index < -0.39 is 5.60 Å². The minimum atomic E-state index is -1.21. The Hall–Kier alpha value is -4.51. The summed E-state index contributed by atoms with van der Waals surface area (Å²) < 4.78 is 16.1. The minimum Gasteiger partial charge on any atom is -0.488 e. The first-order valence-corrected chi connectivity index (χ1v) is 20.7. The van der Waals surface area contributed by atoms with Crippen LogP contribution in [0, 0.1) is 23.7 Å². The number of anilines is 1. The average molecular weight is 743 g/mol. The number of aryl methyl sites for hydroxylation is 1. The maximum Gasteiger partial charge on any atom is 0.340 e. The van der Waals surface area contributed by atoms with Crippen molar-refractivity contribution in [3.63, 3.8) is 0 Å². The number of fused-ring (bicyclic) bond motifs is 2. The fourth-order valence-corrected chi connectivity index (χ4v) is 8.56. The van der Waals surface area contributed by atoms with Gasteiger partial charge in [0.1, 0.15) is 12.4 Å². The lowest BCUT2D eigenvalue weighted by Gasteiger charge is -2.41. The molecular formula is C50H66N2O3. The van der Waals surface area contributed by atoms with E-state index in [2.05, 4.69) is 152 Å². The van der Waals surface area contributed by atoms with E-state index in [4.69, 9.17) is 9.47 Å². The van der Waals surface area contributed by atoms with E-state index in [0.29, 0.717) is 29.8 Å². The second kappa shape index (κ2) is 16.7. The van der Waals surface area contributed by atoms with Gasteiger partial charge >= 0.3 is 5.97 Å². The van der Waals surface area contributed by atoms with Gasteiger partial charge in [-0.2, -0.15) is 0 Å². The summed E-state index contributed by atoms with van der Waals surface area (Å²) in [5.74, 6) is 1.37. The molecule has 0 saturated heterocycles. The van der Waals surface area contributed by atoms with Crippen molar-refractivity contribution < 1.29 is 14.3 Å². The number of carbonyl (C=O) groups is 1. The normalized spacial score (nSPS) is 16.1. The summed E-state index contributed by atoms with van der Waals surface area (Å²) in [6, 6.07) is 31.8. The number of para-hydroxylation sites is 1. The molecule has 1 aliphatic heterocycles. The van der Waals surface area contributed by atoms with E-state index in [1.807, 2.05) is 38.1 Å². The fourth-order valence-electron chi connectivity index (χ4n) is 8.56. The number of ether oxygens (including phenoxy) is 2. The second-order valence-corrected chi connectivity index (χ2v) is 17.0. The smallest absolute Gasteiger partial charge is 0.340 e. The Morgan fingerprint density at radius 3 is 2.07 bits per heavy atom. The summed E-state index contributed by atoms with van der Waals surface area (Å²) in [5, 5.41) is 1.07. The van der Waals surface area contributed by atoms with Gasteiger partial charge in [0.15, 0.2) is 5.60 Å². The number of nitrogens with zero attached hydrogens (tertiary/aromatic N) is 2. The van der Waals surface area contributed by atoms with Crippen molar-refractivity contribution in [2.24, 2.45) is 16.7 Å². The molecule has 4 aromatic carbocycles. The fraction of sp³-hybridized carbons (Fsp3) is 0.460. The van der Waals surface area contributed by atoms with Crippen molar-refractivity contribution in [3.05, 3.63) is 130 Å². The Balaban J connectivity index is 0.00000285. The highest BCUT2D eigenvalue weighted by Crippen LogP contribution is 2.54. The second-order valence-electron chi connectivity index (χ2n) is 17.0. The molecule has 5 aromatic rings. The van der Waals surface area contributed by atoms with Gasteiger partial charge in [0.25, 0.3) is 0 Å². The van der Waals surface area contributed by atoms with Gasteiger partial charge in [0.2, 0.25) is 0 Å². The molecule has 1 aromatic heterocycles. The van der Waals surface area contributed by atoms with Crippen LogP contribution in [0.3, 0.4) is 0 Å². The molecule has 2 heterocycles. The van der Waals surface area contributed by atoms with Crippen molar-refractivity contribution in [3.8, 4) is 5.75 Å². The van der Waals surface area contributed by atoms with Crippen LogP contribution in [0.15, 0.2) is 91.0 Å². The molecule has 0 aliphatic carbocycles. The molecule has 2 unspecified atom stereocenters. The first-order chi connectivity index (χ1) is 26.2. The first kappa shape index (κ1) is 41.6. The Bertz CT molecular complexity index is 2080. The molecule has 6 rings (SSSR count). The molecule has 0 spiro atoms. The van der Waals surface area contributed by atoms with Crippen LogP contribution in [-0.4, -0.2) is 23.6 Å². The third-order valence-corrected chi connectivity index (χ3v) is 12.1. The lowest BCUT2D eigenvalue weighted by Crippen LogP contribution is -2.31. The molecule has 0 amide bonds. The SMILES string of the molecule is CC.CCN(CC)c1ccc(C2(c3c(C)n(CC)c4ccccc34)OC(=O)c3ccccc32)c(OCc2ccc(C(CC(C)(C)C)C(C)(C)C(C)C)cc2)c1. The van der Waals surface area contributed by atoms with Gasteiger partial charge < -0.3 is 18.9 Å². The molecule has 0 bridgehead atoms. The molecule has 5 nitrogen and oxygen atoms in total. The Kier molecular flexibility index (Phi) is 12.6. The number of esters is 1. The van der Waals surface area contributed by atoms with E-state index >= 15 is 0 Å². The Morgan fingerprint density at radius 1 is 0.818 bits per heavy atom. The molecule has 55 heavy (non-hydrogen) atoms. The zero-order valence-corrected chi connectivity index (χ0v) is 36.0. The maximum atomic E-state index is 13.9. The highest BCUT2D eigenvalue weighted by molar-refractivity contribution is 5.99. The number of benzene rings is 4. The highest BCUT2D eigenvalue weighted by Gasteiger charge is 2.52. The standard InChI is InChI=1S/C48H60N2O3.C2H6/c1-12-49(13-2)36-27-28-40(43(29-36)52-31-34-23-25-35(26-24-34)41(30-46(7,8)9)47(10,11)32(4)5)48(39-21-17-15-19-37(39)45(51)53-48)44-33(6)50(14-3)42-22-18-16-20-38(42)44;1-2/h15-29,32,41H,12-14,30-31H2,1-11H3;1-2H3. The zero-order chi connectivity index (χ0) is 40.3. The van der Waals surface area contributed by atoms with Crippen molar-refractivity contribution in [1.82, 2.24) is 4.57 Å². The lowest BCUT2D eigenvalue weighted by molar-refractivity contribution is 0.0245. The topological polar surface area (TPSA) is 43.7 Å². The van der Waals surface area contributed by atoms with Gasteiger partial charge in [-0.3, -0.25) is 0 Å². The quantitative estimate of drug-likeness (QED) is 0.113. The average Bonchev–Trinajstić information content (AvgIpc) is 3.64. The van der Waals surface area contributed by atoms with E-state index in [1.54, 1.807) is 0 Å². The van der Waals surface area contributed by atoms with E-state index in [1.165, 1.54) is 5.56 Å². The summed E-state index contributed by atoms with van der Waals surface area (Å²) in [6.45, 7) is 32.1. The van der Waals surface area contributed by atoms with Gasteiger partial charge in [0.05, 0.1) is 5.56 Å². The first-order valence-electron chi connectivity index (χ1n) is 20.7. The van der Waals surface area contributed by atoms with Crippen molar-refractivity contribution in [2.75, 3.05) is 18.0 Å². The maximum absolute atomic E-state index is 13.9. The summed E-state index contributed by atoms with van der Waals surface area (Å²) in [7, 11) is 0. The summed E-state index contributed by atoms with van der Waals surface area (Å²) in [5.41, 5.74) is 8.13. The van der Waals surface area contributed by atoms with Gasteiger partial charge in [0, 0.05) is 64.7 Å². The molecule has 1 aliphatic rings. The van der Waals surface area contributed by atoms with Gasteiger partial charge in [-0.25, -0.2) is 4.79 Å². The van der Waals surface area contributed by atoms with Crippen LogP contribution < -0.4 is 9.64 Å². The predicted octanol–water partition coefficient (Wildman–Crippen LogP) is 13.1. The number of hydrogen-bond donors (Lipinski definition) is 0. The molecule has 5 heteroatoms. The van der Waals surface area contributed by atoms with E-state index in [-0.39, 0.29) is 16.8 Å². The largest absolute Gasteiger partial charge is 0.488 e. The van der Waals surface area contributed by atoms with Crippen LogP contribution in [0.1, 0.15) is 139 Å². The third-order valence-electron chi connectivity index (χ3n) is 12.1. The summed E-state index contributed by atoms with van der Waals surface area (Å²) in [6.07, 6.45) is 1.12. The molecule has 0 N–H and O–H groups in total. The van der Waals surface area contributed by atoms with Crippen LogP contribution in [-0.2, 0) is 23.5 Å². The molecule has 0 radical (unpaired) electrons.